The molecule has 0 aliphatic carbocycles. The molecule has 0 bridgehead atoms. The molecule has 1 aromatic heterocycles. The summed E-state index contributed by atoms with van der Waals surface area (Å²) < 4.78 is 26.8. The van der Waals surface area contributed by atoms with Crippen LogP contribution in [0.3, 0.4) is 0 Å². The van der Waals surface area contributed by atoms with Crippen molar-refractivity contribution in [3.63, 3.8) is 0 Å². The summed E-state index contributed by atoms with van der Waals surface area (Å²) in [5.41, 5.74) is 1.04. The summed E-state index contributed by atoms with van der Waals surface area (Å²) in [6, 6.07) is 16.9. The Morgan fingerprint density at radius 1 is 0.935 bits per heavy atom. The highest BCUT2D eigenvalue weighted by atomic mass is 32.2. The van der Waals surface area contributed by atoms with Gasteiger partial charge in [-0.1, -0.05) is 30.0 Å². The third kappa shape index (κ3) is 5.49. The molecule has 1 aliphatic rings. The van der Waals surface area contributed by atoms with Gasteiger partial charge in [0.05, 0.1) is 11.4 Å². The lowest BCUT2D eigenvalue weighted by Crippen LogP contribution is -2.46. The van der Waals surface area contributed by atoms with Crippen LogP contribution >= 0.6 is 11.8 Å². The molecule has 1 amide bonds. The van der Waals surface area contributed by atoms with Crippen molar-refractivity contribution in [3.05, 3.63) is 72.3 Å². The molecule has 1 aliphatic heterocycles. The number of para-hydroxylation sites is 1. The zero-order chi connectivity index (χ0) is 21.6. The van der Waals surface area contributed by atoms with Crippen LogP contribution in [0.1, 0.15) is 0 Å². The lowest BCUT2D eigenvalue weighted by atomic mass is 10.2. The number of halogens is 2. The Morgan fingerprint density at radius 2 is 1.68 bits per heavy atom. The first-order valence-corrected chi connectivity index (χ1v) is 10.8. The number of anilines is 3. The fraction of sp³-hybridized carbons (Fsp3) is 0.227. The molecule has 31 heavy (non-hydrogen) atoms. The van der Waals surface area contributed by atoms with Crippen LogP contribution in [-0.2, 0) is 4.79 Å². The van der Waals surface area contributed by atoms with Crippen molar-refractivity contribution in [1.82, 2.24) is 10.2 Å². The molecule has 6 nitrogen and oxygen atoms in total. The largest absolute Gasteiger partial charge is 0.368 e. The zero-order valence-corrected chi connectivity index (χ0v) is 17.5. The number of hydrogen-bond donors (Lipinski definition) is 1. The van der Waals surface area contributed by atoms with Crippen molar-refractivity contribution >= 4 is 34.9 Å². The highest BCUT2D eigenvalue weighted by Gasteiger charge is 2.18. The Balaban J connectivity index is 1.27. The fourth-order valence-corrected chi connectivity index (χ4v) is 3.92. The van der Waals surface area contributed by atoms with E-state index in [0.29, 0.717) is 5.03 Å². The number of nitrogens with zero attached hydrogens (tertiary/aromatic N) is 4. The number of amides is 1. The van der Waals surface area contributed by atoms with Gasteiger partial charge in [-0.05, 0) is 36.4 Å². The first-order valence-electron chi connectivity index (χ1n) is 9.85. The predicted molar refractivity (Wildman–Crippen MR) is 119 cm³/mol. The lowest BCUT2D eigenvalue weighted by Gasteiger charge is -2.36. The van der Waals surface area contributed by atoms with Gasteiger partial charge in [0.25, 0.3) is 0 Å². The smallest absolute Gasteiger partial charge is 0.234 e. The van der Waals surface area contributed by atoms with Gasteiger partial charge in [-0.3, -0.25) is 4.79 Å². The normalized spacial score (nSPS) is 13.9. The summed E-state index contributed by atoms with van der Waals surface area (Å²) >= 11 is 1.18. The maximum absolute atomic E-state index is 13.6. The van der Waals surface area contributed by atoms with Crippen LogP contribution in [0.5, 0.6) is 0 Å². The standard InChI is InChI=1S/C22H21F2N5OS/c23-16-6-7-18(24)19(14-16)25-21(30)15-31-22-9-8-20(26-27-22)29-12-10-28(11-13-29)17-4-2-1-3-5-17/h1-9,14H,10-13,15H2,(H,25,30). The van der Waals surface area contributed by atoms with Crippen LogP contribution in [-0.4, -0.2) is 48.0 Å². The molecule has 1 fully saturated rings. The quantitative estimate of drug-likeness (QED) is 0.587. The summed E-state index contributed by atoms with van der Waals surface area (Å²) in [6.07, 6.45) is 0. The Hall–Kier alpha value is -3.20. The van der Waals surface area contributed by atoms with E-state index < -0.39 is 17.5 Å². The van der Waals surface area contributed by atoms with E-state index in [1.165, 1.54) is 17.4 Å². The summed E-state index contributed by atoms with van der Waals surface area (Å²) in [7, 11) is 0. The van der Waals surface area contributed by atoms with Crippen LogP contribution in [0.4, 0.5) is 26.0 Å². The van der Waals surface area contributed by atoms with Crippen LogP contribution in [0.2, 0.25) is 0 Å². The molecule has 0 saturated carbocycles. The molecule has 0 unspecified atom stereocenters. The molecule has 0 spiro atoms. The predicted octanol–water partition coefficient (Wildman–Crippen LogP) is 3.81. The Bertz CT molecular complexity index is 1030. The monoisotopic (exact) mass is 441 g/mol. The van der Waals surface area contributed by atoms with Crippen molar-refractivity contribution in [2.75, 3.05) is 47.0 Å². The first kappa shape index (κ1) is 21.0. The van der Waals surface area contributed by atoms with Gasteiger partial charge in [0.2, 0.25) is 5.91 Å². The Morgan fingerprint density at radius 3 is 2.39 bits per heavy atom. The Kier molecular flexibility index (Phi) is 6.61. The van der Waals surface area contributed by atoms with Gasteiger partial charge in [0, 0.05) is 37.9 Å². The van der Waals surface area contributed by atoms with Gasteiger partial charge in [-0.2, -0.15) is 0 Å². The molecule has 2 aromatic carbocycles. The number of carbonyl (C=O) groups is 1. The number of carbonyl (C=O) groups excluding carboxylic acids is 1. The van der Waals surface area contributed by atoms with E-state index in [0.717, 1.165) is 50.2 Å². The molecule has 1 N–H and O–H groups in total. The van der Waals surface area contributed by atoms with Crippen LogP contribution in [0.25, 0.3) is 0 Å². The summed E-state index contributed by atoms with van der Waals surface area (Å²) in [5, 5.41) is 11.4. The average molecular weight is 442 g/mol. The van der Waals surface area contributed by atoms with E-state index in [1.807, 2.05) is 30.3 Å². The van der Waals surface area contributed by atoms with Gasteiger partial charge < -0.3 is 15.1 Å². The zero-order valence-electron chi connectivity index (χ0n) is 16.7. The number of aromatic nitrogens is 2. The molecule has 2 heterocycles. The van der Waals surface area contributed by atoms with E-state index in [-0.39, 0.29) is 11.4 Å². The third-order valence-electron chi connectivity index (χ3n) is 4.90. The molecule has 0 radical (unpaired) electrons. The van der Waals surface area contributed by atoms with Gasteiger partial charge in [-0.15, -0.1) is 10.2 Å². The van der Waals surface area contributed by atoms with Crippen molar-refractivity contribution in [3.8, 4) is 0 Å². The van der Waals surface area contributed by atoms with Crippen molar-refractivity contribution in [2.45, 2.75) is 5.03 Å². The first-order chi connectivity index (χ1) is 15.1. The van der Waals surface area contributed by atoms with Gasteiger partial charge >= 0.3 is 0 Å². The summed E-state index contributed by atoms with van der Waals surface area (Å²) in [5.74, 6) is -0.938. The number of thioether (sulfide) groups is 1. The Labute approximate surface area is 183 Å². The lowest BCUT2D eigenvalue weighted by molar-refractivity contribution is -0.113. The molecule has 3 aromatic rings. The number of nitrogens with one attached hydrogen (secondary N) is 1. The van der Waals surface area contributed by atoms with Crippen LogP contribution in [0, 0.1) is 11.6 Å². The maximum Gasteiger partial charge on any atom is 0.234 e. The number of rotatable bonds is 6. The molecule has 9 heteroatoms. The number of piperazine rings is 1. The van der Waals surface area contributed by atoms with Gasteiger partial charge in [0.15, 0.2) is 5.82 Å². The van der Waals surface area contributed by atoms with Gasteiger partial charge in [-0.25, -0.2) is 8.78 Å². The third-order valence-corrected chi connectivity index (χ3v) is 5.82. The number of hydrogen-bond acceptors (Lipinski definition) is 6. The van der Waals surface area contributed by atoms with Crippen molar-refractivity contribution < 1.29 is 13.6 Å². The minimum absolute atomic E-state index is 0.0136. The SMILES string of the molecule is O=C(CSc1ccc(N2CCN(c3ccccc3)CC2)nn1)Nc1cc(F)ccc1F. The van der Waals surface area contributed by atoms with E-state index in [9.17, 15) is 13.6 Å². The van der Waals surface area contributed by atoms with Crippen molar-refractivity contribution in [2.24, 2.45) is 0 Å². The molecule has 160 valence electrons. The van der Waals surface area contributed by atoms with Crippen molar-refractivity contribution in [1.29, 1.82) is 0 Å². The summed E-state index contributed by atoms with van der Waals surface area (Å²) in [4.78, 5) is 16.6. The molecule has 4 rings (SSSR count). The minimum Gasteiger partial charge on any atom is -0.368 e. The maximum atomic E-state index is 13.6. The fourth-order valence-electron chi connectivity index (χ4n) is 3.31. The highest BCUT2D eigenvalue weighted by Crippen LogP contribution is 2.21. The number of benzene rings is 2. The minimum atomic E-state index is -0.684. The topological polar surface area (TPSA) is 61.4 Å². The second kappa shape index (κ2) is 9.74. The van der Waals surface area contributed by atoms with Gasteiger partial charge in [0.1, 0.15) is 16.7 Å². The van der Waals surface area contributed by atoms with E-state index in [1.54, 1.807) is 0 Å². The molecular formula is C22H21F2N5OS. The molecule has 0 atom stereocenters. The van der Waals surface area contributed by atoms with E-state index in [4.69, 9.17) is 0 Å². The molecular weight excluding hydrogens is 420 g/mol. The van der Waals surface area contributed by atoms with E-state index in [2.05, 4.69) is 37.4 Å². The average Bonchev–Trinajstić information content (AvgIpc) is 2.81. The van der Waals surface area contributed by atoms with Crippen LogP contribution < -0.4 is 15.1 Å². The highest BCUT2D eigenvalue weighted by molar-refractivity contribution is 7.99. The second-order valence-corrected chi connectivity index (χ2v) is 8.00. The molecule has 1 saturated heterocycles. The van der Waals surface area contributed by atoms with E-state index >= 15 is 0 Å². The summed E-state index contributed by atoms with van der Waals surface area (Å²) in [6.45, 7) is 3.49. The van der Waals surface area contributed by atoms with Crippen LogP contribution in [0.15, 0.2) is 65.7 Å². The second-order valence-electron chi connectivity index (χ2n) is 7.00.